The summed E-state index contributed by atoms with van der Waals surface area (Å²) in [5.41, 5.74) is 0. The molecule has 1 unspecified atom stereocenters. The Morgan fingerprint density at radius 3 is 2.88 bits per heavy atom. The van der Waals surface area contributed by atoms with Gasteiger partial charge in [0.1, 0.15) is 0 Å². The van der Waals surface area contributed by atoms with Gasteiger partial charge in [-0.05, 0) is 52.0 Å². The Morgan fingerprint density at radius 2 is 2.31 bits per heavy atom. The van der Waals surface area contributed by atoms with E-state index < -0.39 is 0 Å². The average molecular weight is 244 g/mol. The van der Waals surface area contributed by atoms with Crippen molar-refractivity contribution in [2.75, 3.05) is 25.9 Å². The molecule has 0 aromatic heterocycles. The van der Waals surface area contributed by atoms with Gasteiger partial charge in [-0.3, -0.25) is 4.79 Å². The molecular weight excluding hydrogens is 220 g/mol. The molecule has 1 heterocycles. The summed E-state index contributed by atoms with van der Waals surface area (Å²) in [5.74, 6) is 0.738. The monoisotopic (exact) mass is 244 g/mol. The van der Waals surface area contributed by atoms with E-state index in [1.807, 2.05) is 0 Å². The lowest BCUT2D eigenvalue weighted by Crippen LogP contribution is -2.39. The van der Waals surface area contributed by atoms with Crippen LogP contribution in [0.15, 0.2) is 0 Å². The van der Waals surface area contributed by atoms with Crippen LogP contribution < -0.4 is 10.6 Å². The van der Waals surface area contributed by atoms with E-state index in [4.69, 9.17) is 0 Å². The molecule has 1 rings (SSSR count). The molecule has 0 bridgehead atoms. The molecule has 1 atom stereocenters. The van der Waals surface area contributed by atoms with Gasteiger partial charge in [-0.15, -0.1) is 0 Å². The molecule has 0 spiro atoms. The summed E-state index contributed by atoms with van der Waals surface area (Å²) in [5, 5.41) is 6.37. The first-order valence-electron chi connectivity index (χ1n) is 6.06. The smallest absolute Gasteiger partial charge is 0.220 e. The second kappa shape index (κ2) is 6.50. The van der Waals surface area contributed by atoms with E-state index >= 15 is 0 Å². The summed E-state index contributed by atoms with van der Waals surface area (Å²) in [6.45, 7) is 7.17. The zero-order valence-electron chi connectivity index (χ0n) is 10.6. The second-order valence-electron chi connectivity index (χ2n) is 5.16. The lowest BCUT2D eigenvalue weighted by molar-refractivity contribution is -0.122. The largest absolute Gasteiger partial charge is 0.355 e. The fourth-order valence-electron chi connectivity index (χ4n) is 1.82. The van der Waals surface area contributed by atoms with E-state index in [0.29, 0.717) is 12.3 Å². The zero-order valence-corrected chi connectivity index (χ0v) is 11.5. The highest BCUT2D eigenvalue weighted by Crippen LogP contribution is 2.20. The van der Waals surface area contributed by atoms with E-state index in [9.17, 15) is 4.79 Å². The van der Waals surface area contributed by atoms with Crippen LogP contribution in [0.1, 0.15) is 33.1 Å². The van der Waals surface area contributed by atoms with Crippen LogP contribution in [0.2, 0.25) is 0 Å². The van der Waals surface area contributed by atoms with E-state index in [-0.39, 0.29) is 10.7 Å². The third-order valence-corrected chi connectivity index (χ3v) is 4.39. The van der Waals surface area contributed by atoms with Crippen molar-refractivity contribution in [3.63, 3.8) is 0 Å². The minimum Gasteiger partial charge on any atom is -0.355 e. The third kappa shape index (κ3) is 5.21. The molecule has 2 N–H and O–H groups in total. The normalized spacial score (nSPS) is 21.8. The predicted molar refractivity (Wildman–Crippen MR) is 70.8 cm³/mol. The average Bonchev–Trinajstić information content (AvgIpc) is 2.28. The number of amides is 1. The number of thioether (sulfide) groups is 1. The molecule has 1 fully saturated rings. The molecule has 1 aliphatic heterocycles. The first-order chi connectivity index (χ1) is 7.53. The fraction of sp³-hybridized carbons (Fsp3) is 0.917. The highest BCUT2D eigenvalue weighted by Gasteiger charge is 2.20. The van der Waals surface area contributed by atoms with Crippen LogP contribution in [0.4, 0.5) is 0 Å². The topological polar surface area (TPSA) is 41.1 Å². The number of piperidine rings is 1. The standard InChI is InChI=1S/C12H24N2OS/c1-12(2,16-3)9-14-11(15)7-10-5-4-6-13-8-10/h10,13H,4-9H2,1-3H3,(H,14,15). The molecular formula is C12H24N2OS. The number of carbonyl (C=O) groups excluding carboxylic acids is 1. The molecule has 3 nitrogen and oxygen atoms in total. The van der Waals surface area contributed by atoms with Crippen molar-refractivity contribution < 1.29 is 4.79 Å². The van der Waals surface area contributed by atoms with Gasteiger partial charge in [-0.2, -0.15) is 11.8 Å². The van der Waals surface area contributed by atoms with Crippen molar-refractivity contribution in [2.45, 2.75) is 37.9 Å². The van der Waals surface area contributed by atoms with Crippen LogP contribution in [0, 0.1) is 5.92 Å². The first-order valence-corrected chi connectivity index (χ1v) is 7.28. The van der Waals surface area contributed by atoms with Crippen LogP contribution in [0.5, 0.6) is 0 Å². The van der Waals surface area contributed by atoms with Crippen LogP contribution in [0.25, 0.3) is 0 Å². The molecule has 0 aromatic rings. The molecule has 1 amide bonds. The van der Waals surface area contributed by atoms with Gasteiger partial charge in [-0.1, -0.05) is 0 Å². The number of carbonyl (C=O) groups is 1. The summed E-state index contributed by atoms with van der Waals surface area (Å²) in [6.07, 6.45) is 5.15. The summed E-state index contributed by atoms with van der Waals surface area (Å²) in [6, 6.07) is 0. The van der Waals surface area contributed by atoms with Crippen LogP contribution in [0.3, 0.4) is 0 Å². The number of hydrogen-bond donors (Lipinski definition) is 2. The Bertz CT molecular complexity index is 225. The molecule has 1 saturated heterocycles. The Balaban J connectivity index is 2.19. The molecule has 0 aromatic carbocycles. The van der Waals surface area contributed by atoms with Crippen LogP contribution in [-0.4, -0.2) is 36.5 Å². The maximum absolute atomic E-state index is 11.7. The highest BCUT2D eigenvalue weighted by atomic mass is 32.2. The van der Waals surface area contributed by atoms with Crippen molar-refractivity contribution in [3.05, 3.63) is 0 Å². The molecule has 1 aliphatic rings. The van der Waals surface area contributed by atoms with Gasteiger partial charge in [0.15, 0.2) is 0 Å². The van der Waals surface area contributed by atoms with E-state index in [2.05, 4.69) is 30.7 Å². The quantitative estimate of drug-likeness (QED) is 0.772. The number of nitrogens with one attached hydrogen (secondary N) is 2. The number of rotatable bonds is 5. The van der Waals surface area contributed by atoms with Crippen molar-refractivity contribution in [1.82, 2.24) is 10.6 Å². The van der Waals surface area contributed by atoms with Gasteiger partial charge < -0.3 is 10.6 Å². The maximum atomic E-state index is 11.7. The Labute approximate surface area is 103 Å². The Hall–Kier alpha value is -0.220. The van der Waals surface area contributed by atoms with Crippen molar-refractivity contribution in [2.24, 2.45) is 5.92 Å². The van der Waals surface area contributed by atoms with E-state index in [1.54, 1.807) is 11.8 Å². The van der Waals surface area contributed by atoms with Gasteiger partial charge in [0.2, 0.25) is 5.91 Å². The molecule has 0 aliphatic carbocycles. The van der Waals surface area contributed by atoms with Gasteiger partial charge in [-0.25, -0.2) is 0 Å². The second-order valence-corrected chi connectivity index (χ2v) is 6.67. The van der Waals surface area contributed by atoms with Crippen LogP contribution in [-0.2, 0) is 4.79 Å². The summed E-state index contributed by atoms with van der Waals surface area (Å²) < 4.78 is 0.139. The van der Waals surface area contributed by atoms with Crippen LogP contribution >= 0.6 is 11.8 Å². The molecule has 0 radical (unpaired) electrons. The predicted octanol–water partition coefficient (Wildman–Crippen LogP) is 1.63. The van der Waals surface area contributed by atoms with Crippen molar-refractivity contribution in [3.8, 4) is 0 Å². The molecule has 16 heavy (non-hydrogen) atoms. The summed E-state index contributed by atoms with van der Waals surface area (Å²) >= 11 is 1.79. The zero-order chi connectivity index (χ0) is 12.0. The minimum absolute atomic E-state index is 0.139. The summed E-state index contributed by atoms with van der Waals surface area (Å²) in [4.78, 5) is 11.7. The molecule has 4 heteroatoms. The molecule has 94 valence electrons. The van der Waals surface area contributed by atoms with Gasteiger partial charge in [0, 0.05) is 17.7 Å². The Morgan fingerprint density at radius 1 is 1.56 bits per heavy atom. The fourth-order valence-corrected chi connectivity index (χ4v) is 2.03. The highest BCUT2D eigenvalue weighted by molar-refractivity contribution is 7.99. The van der Waals surface area contributed by atoms with Gasteiger partial charge >= 0.3 is 0 Å². The first kappa shape index (κ1) is 13.8. The van der Waals surface area contributed by atoms with Gasteiger partial charge in [0.05, 0.1) is 0 Å². The third-order valence-electron chi connectivity index (χ3n) is 3.14. The minimum atomic E-state index is 0.139. The summed E-state index contributed by atoms with van der Waals surface area (Å²) in [7, 11) is 0. The number of hydrogen-bond acceptors (Lipinski definition) is 3. The van der Waals surface area contributed by atoms with Gasteiger partial charge in [0.25, 0.3) is 0 Å². The molecule has 0 saturated carbocycles. The lowest BCUT2D eigenvalue weighted by atomic mass is 9.96. The SMILES string of the molecule is CSC(C)(C)CNC(=O)CC1CCCNC1. The van der Waals surface area contributed by atoms with Crippen molar-refractivity contribution in [1.29, 1.82) is 0 Å². The van der Waals surface area contributed by atoms with Crippen molar-refractivity contribution >= 4 is 17.7 Å². The van der Waals surface area contributed by atoms with E-state index in [0.717, 1.165) is 19.6 Å². The maximum Gasteiger partial charge on any atom is 0.220 e. The Kier molecular flexibility index (Phi) is 5.62. The lowest BCUT2D eigenvalue weighted by Gasteiger charge is -2.25. The van der Waals surface area contributed by atoms with E-state index in [1.165, 1.54) is 12.8 Å².